The Balaban J connectivity index is 2.26. The number of halogens is 3. The molecule has 0 heterocycles. The van der Waals surface area contributed by atoms with Gasteiger partial charge in [-0.05, 0) is 42.5 Å². The van der Waals surface area contributed by atoms with Crippen LogP contribution in [0.5, 0.6) is 5.75 Å². The van der Waals surface area contributed by atoms with Gasteiger partial charge in [0.2, 0.25) is 0 Å². The van der Waals surface area contributed by atoms with Crippen molar-refractivity contribution < 1.29 is 31.1 Å². The van der Waals surface area contributed by atoms with Crippen LogP contribution in [0.1, 0.15) is 10.4 Å². The van der Waals surface area contributed by atoms with Gasteiger partial charge >= 0.3 is 6.18 Å². The van der Waals surface area contributed by atoms with E-state index in [9.17, 15) is 26.4 Å². The van der Waals surface area contributed by atoms with Crippen LogP contribution in [-0.2, 0) is 10.0 Å². The lowest BCUT2D eigenvalue weighted by molar-refractivity contribution is -0.123. The van der Waals surface area contributed by atoms with Crippen molar-refractivity contribution >= 4 is 21.6 Å². The first-order chi connectivity index (χ1) is 12.5. The number of sulfonamides is 1. The van der Waals surface area contributed by atoms with Gasteiger partial charge in [0.15, 0.2) is 0 Å². The highest BCUT2D eigenvalue weighted by Crippen LogP contribution is 2.24. The molecule has 10 heteroatoms. The standard InChI is InChI=1S/C17H17F3N2O4S/c1-22(13-6-8-14(26-2)9-7-13)27(24,25)15-5-3-4-12(10-15)16(23)21-11-17(18,19)20/h3-10H,11H2,1-2H3,(H,21,23). The molecular weight excluding hydrogens is 385 g/mol. The Hall–Kier alpha value is -2.75. The quantitative estimate of drug-likeness (QED) is 0.806. The second-order valence-electron chi connectivity index (χ2n) is 5.50. The molecule has 0 aliphatic carbocycles. The summed E-state index contributed by atoms with van der Waals surface area (Å²) < 4.78 is 68.2. The third kappa shape index (κ3) is 5.13. The van der Waals surface area contributed by atoms with E-state index in [1.54, 1.807) is 17.4 Å². The fourth-order valence-corrected chi connectivity index (χ4v) is 3.41. The van der Waals surface area contributed by atoms with Crippen molar-refractivity contribution in [1.82, 2.24) is 5.32 Å². The van der Waals surface area contributed by atoms with E-state index in [4.69, 9.17) is 4.74 Å². The number of amides is 1. The summed E-state index contributed by atoms with van der Waals surface area (Å²) in [5.74, 6) is -0.468. The van der Waals surface area contributed by atoms with Crippen molar-refractivity contribution in [3.05, 3.63) is 54.1 Å². The van der Waals surface area contributed by atoms with E-state index in [2.05, 4.69) is 0 Å². The number of nitrogens with zero attached hydrogens (tertiary/aromatic N) is 1. The minimum absolute atomic E-state index is 0.191. The number of hydrogen-bond donors (Lipinski definition) is 1. The molecule has 1 N–H and O–H groups in total. The van der Waals surface area contributed by atoms with Crippen LogP contribution in [0.4, 0.5) is 18.9 Å². The Labute approximate surface area is 154 Å². The molecule has 0 aliphatic heterocycles. The van der Waals surface area contributed by atoms with E-state index < -0.39 is 28.7 Å². The molecule has 0 aliphatic rings. The molecular formula is C17H17F3N2O4S. The van der Waals surface area contributed by atoms with Gasteiger partial charge in [0.05, 0.1) is 17.7 Å². The zero-order valence-corrected chi connectivity index (χ0v) is 15.3. The van der Waals surface area contributed by atoms with Gasteiger partial charge in [-0.3, -0.25) is 9.10 Å². The predicted molar refractivity (Wildman–Crippen MR) is 93.4 cm³/mol. The monoisotopic (exact) mass is 402 g/mol. The fraction of sp³-hybridized carbons (Fsp3) is 0.235. The number of methoxy groups -OCH3 is 1. The Morgan fingerprint density at radius 2 is 1.78 bits per heavy atom. The van der Waals surface area contributed by atoms with Gasteiger partial charge in [-0.1, -0.05) is 6.07 Å². The predicted octanol–water partition coefficient (Wildman–Crippen LogP) is 2.81. The fourth-order valence-electron chi connectivity index (χ4n) is 2.17. The van der Waals surface area contributed by atoms with Crippen molar-refractivity contribution in [1.29, 1.82) is 0 Å². The van der Waals surface area contributed by atoms with Gasteiger partial charge in [-0.2, -0.15) is 13.2 Å². The Kier molecular flexibility index (Phi) is 5.99. The van der Waals surface area contributed by atoms with E-state index in [0.29, 0.717) is 11.4 Å². The molecule has 0 bridgehead atoms. The van der Waals surface area contributed by atoms with Gasteiger partial charge in [0.25, 0.3) is 15.9 Å². The molecule has 0 saturated heterocycles. The zero-order chi connectivity index (χ0) is 20.2. The lowest BCUT2D eigenvalue weighted by Gasteiger charge is -2.20. The van der Waals surface area contributed by atoms with Crippen LogP contribution in [0.3, 0.4) is 0 Å². The third-order valence-corrected chi connectivity index (χ3v) is 5.42. The lowest BCUT2D eigenvalue weighted by Crippen LogP contribution is -2.34. The molecule has 0 atom stereocenters. The minimum atomic E-state index is -4.56. The normalized spacial score (nSPS) is 11.7. The highest BCUT2D eigenvalue weighted by atomic mass is 32.2. The summed E-state index contributed by atoms with van der Waals surface area (Å²) in [6.45, 7) is -1.51. The third-order valence-electron chi connectivity index (χ3n) is 3.64. The zero-order valence-electron chi connectivity index (χ0n) is 14.4. The number of alkyl halides is 3. The molecule has 0 unspecified atom stereocenters. The van der Waals surface area contributed by atoms with E-state index in [1.165, 1.54) is 44.5 Å². The number of carbonyl (C=O) groups is 1. The lowest BCUT2D eigenvalue weighted by atomic mass is 10.2. The minimum Gasteiger partial charge on any atom is -0.497 e. The summed E-state index contributed by atoms with van der Waals surface area (Å²) >= 11 is 0. The van der Waals surface area contributed by atoms with Crippen molar-refractivity contribution in [2.24, 2.45) is 0 Å². The van der Waals surface area contributed by atoms with Crippen LogP contribution in [0.25, 0.3) is 0 Å². The first-order valence-electron chi connectivity index (χ1n) is 7.62. The molecule has 27 heavy (non-hydrogen) atoms. The number of carbonyl (C=O) groups excluding carboxylic acids is 1. The molecule has 0 radical (unpaired) electrons. The molecule has 2 aromatic rings. The van der Waals surface area contributed by atoms with Crippen LogP contribution in [0.2, 0.25) is 0 Å². The molecule has 0 spiro atoms. The largest absolute Gasteiger partial charge is 0.497 e. The number of nitrogens with one attached hydrogen (secondary N) is 1. The number of benzene rings is 2. The maximum Gasteiger partial charge on any atom is 0.405 e. The Bertz CT molecular complexity index is 913. The summed E-state index contributed by atoms with van der Waals surface area (Å²) in [5, 5.41) is 1.70. The summed E-state index contributed by atoms with van der Waals surface area (Å²) in [6, 6.07) is 11.1. The molecule has 146 valence electrons. The van der Waals surface area contributed by atoms with Gasteiger partial charge in [0, 0.05) is 12.6 Å². The summed E-state index contributed by atoms with van der Waals surface area (Å²) in [6.07, 6.45) is -4.56. The van der Waals surface area contributed by atoms with E-state index in [0.717, 1.165) is 10.4 Å². The highest BCUT2D eigenvalue weighted by Gasteiger charge is 2.28. The smallest absolute Gasteiger partial charge is 0.405 e. The number of rotatable bonds is 6. The SMILES string of the molecule is COc1ccc(N(C)S(=O)(=O)c2cccc(C(=O)NCC(F)(F)F)c2)cc1. The first-order valence-corrected chi connectivity index (χ1v) is 9.06. The average molecular weight is 402 g/mol. The summed E-state index contributed by atoms with van der Waals surface area (Å²) in [5.41, 5.74) is 0.159. The maximum atomic E-state index is 12.8. The number of ether oxygens (including phenoxy) is 1. The van der Waals surface area contributed by atoms with Gasteiger partial charge < -0.3 is 10.1 Å². The molecule has 2 rings (SSSR count). The molecule has 1 amide bonds. The molecule has 0 aromatic heterocycles. The number of anilines is 1. The molecule has 2 aromatic carbocycles. The van der Waals surface area contributed by atoms with Crippen LogP contribution >= 0.6 is 0 Å². The van der Waals surface area contributed by atoms with Gasteiger partial charge in [0.1, 0.15) is 12.3 Å². The van der Waals surface area contributed by atoms with Crippen molar-refractivity contribution in [3.8, 4) is 5.75 Å². The van der Waals surface area contributed by atoms with E-state index in [1.807, 2.05) is 0 Å². The van der Waals surface area contributed by atoms with Gasteiger partial charge in [-0.15, -0.1) is 0 Å². The van der Waals surface area contributed by atoms with Crippen molar-refractivity contribution in [3.63, 3.8) is 0 Å². The molecule has 0 saturated carbocycles. The maximum absolute atomic E-state index is 12.8. The van der Waals surface area contributed by atoms with Crippen LogP contribution in [-0.4, -0.2) is 41.2 Å². The summed E-state index contributed by atoms with van der Waals surface area (Å²) in [7, 11) is -1.22. The van der Waals surface area contributed by atoms with E-state index in [-0.39, 0.29) is 10.5 Å². The topological polar surface area (TPSA) is 75.7 Å². The summed E-state index contributed by atoms with van der Waals surface area (Å²) in [4.78, 5) is 11.6. The second-order valence-corrected chi connectivity index (χ2v) is 7.47. The van der Waals surface area contributed by atoms with Crippen LogP contribution in [0, 0.1) is 0 Å². The Morgan fingerprint density at radius 1 is 1.15 bits per heavy atom. The molecule has 0 fully saturated rings. The van der Waals surface area contributed by atoms with E-state index >= 15 is 0 Å². The van der Waals surface area contributed by atoms with Crippen LogP contribution < -0.4 is 14.4 Å². The highest BCUT2D eigenvalue weighted by molar-refractivity contribution is 7.92. The first kappa shape index (κ1) is 20.6. The van der Waals surface area contributed by atoms with Crippen LogP contribution in [0.15, 0.2) is 53.4 Å². The molecule has 6 nitrogen and oxygen atoms in total. The van der Waals surface area contributed by atoms with Crippen molar-refractivity contribution in [2.75, 3.05) is 25.0 Å². The van der Waals surface area contributed by atoms with Gasteiger partial charge in [-0.25, -0.2) is 8.42 Å². The number of hydrogen-bond acceptors (Lipinski definition) is 4. The van der Waals surface area contributed by atoms with Crippen molar-refractivity contribution in [2.45, 2.75) is 11.1 Å². The Morgan fingerprint density at radius 3 is 2.33 bits per heavy atom. The second kappa shape index (κ2) is 7.87. The average Bonchev–Trinajstić information content (AvgIpc) is 2.65.